The van der Waals surface area contributed by atoms with Crippen molar-refractivity contribution in [2.75, 3.05) is 20.1 Å². The van der Waals surface area contributed by atoms with Gasteiger partial charge in [0.25, 0.3) is 0 Å². The van der Waals surface area contributed by atoms with Crippen LogP contribution in [0.15, 0.2) is 41.8 Å². The fourth-order valence-electron chi connectivity index (χ4n) is 2.05. The average Bonchev–Trinajstić information content (AvgIpc) is 2.91. The van der Waals surface area contributed by atoms with E-state index in [1.807, 2.05) is 11.3 Å². The van der Waals surface area contributed by atoms with Gasteiger partial charge in [-0.05, 0) is 36.5 Å². The molecule has 1 aromatic heterocycles. The van der Waals surface area contributed by atoms with Crippen molar-refractivity contribution in [2.45, 2.75) is 20.0 Å². The fourth-order valence-corrected chi connectivity index (χ4v) is 2.73. The Balaban J connectivity index is 1.67. The molecule has 2 rings (SSSR count). The van der Waals surface area contributed by atoms with Gasteiger partial charge in [-0.1, -0.05) is 30.3 Å². The van der Waals surface area contributed by atoms with E-state index in [0.717, 1.165) is 26.2 Å². The van der Waals surface area contributed by atoms with Gasteiger partial charge in [0.05, 0.1) is 0 Å². The zero-order valence-corrected chi connectivity index (χ0v) is 12.5. The van der Waals surface area contributed by atoms with Crippen molar-refractivity contribution in [3.63, 3.8) is 0 Å². The maximum Gasteiger partial charge on any atom is 0.0300 e. The number of aryl methyl sites for hydroxylation is 1. The molecule has 0 fully saturated rings. The quantitative estimate of drug-likeness (QED) is 0.780. The van der Waals surface area contributed by atoms with Gasteiger partial charge < -0.3 is 10.2 Å². The fraction of sp³-hybridized carbons (Fsp3) is 0.375. The maximum atomic E-state index is 3.49. The summed E-state index contributed by atoms with van der Waals surface area (Å²) in [7, 11) is 2.18. The summed E-state index contributed by atoms with van der Waals surface area (Å²) >= 11 is 1.81. The molecule has 102 valence electrons. The Kier molecular flexibility index (Phi) is 5.58. The summed E-state index contributed by atoms with van der Waals surface area (Å²) in [6, 6.07) is 12.9. The van der Waals surface area contributed by atoms with Crippen LogP contribution in [0.4, 0.5) is 0 Å². The van der Waals surface area contributed by atoms with Crippen LogP contribution in [0.5, 0.6) is 0 Å². The molecule has 1 heterocycles. The van der Waals surface area contributed by atoms with E-state index in [1.165, 1.54) is 16.0 Å². The molecule has 0 saturated carbocycles. The summed E-state index contributed by atoms with van der Waals surface area (Å²) in [5.41, 5.74) is 2.80. The molecule has 0 aliphatic heterocycles. The van der Waals surface area contributed by atoms with E-state index in [2.05, 4.69) is 66.0 Å². The van der Waals surface area contributed by atoms with Gasteiger partial charge in [0.15, 0.2) is 0 Å². The van der Waals surface area contributed by atoms with Gasteiger partial charge in [-0.2, -0.15) is 0 Å². The Labute approximate surface area is 120 Å². The van der Waals surface area contributed by atoms with Gasteiger partial charge in [0.1, 0.15) is 0 Å². The second-order valence-electron chi connectivity index (χ2n) is 4.92. The number of benzene rings is 1. The highest BCUT2D eigenvalue weighted by atomic mass is 32.1. The second kappa shape index (κ2) is 7.43. The predicted octanol–water partition coefficient (Wildman–Crippen LogP) is 3.28. The zero-order valence-electron chi connectivity index (χ0n) is 11.7. The first-order valence-corrected chi connectivity index (χ1v) is 7.60. The highest BCUT2D eigenvalue weighted by molar-refractivity contribution is 7.09. The van der Waals surface area contributed by atoms with Crippen LogP contribution in [0.3, 0.4) is 0 Å². The van der Waals surface area contributed by atoms with Gasteiger partial charge in [0, 0.05) is 31.1 Å². The number of rotatable bonds is 7. The van der Waals surface area contributed by atoms with Crippen molar-refractivity contribution in [1.29, 1.82) is 0 Å². The molecule has 0 amide bonds. The molecule has 0 atom stereocenters. The molecule has 0 unspecified atom stereocenters. The van der Waals surface area contributed by atoms with Crippen molar-refractivity contribution < 1.29 is 0 Å². The summed E-state index contributed by atoms with van der Waals surface area (Å²) in [5, 5.41) is 5.61. The molecule has 2 aromatic rings. The first kappa shape index (κ1) is 14.3. The molecule has 0 aliphatic carbocycles. The number of nitrogens with one attached hydrogen (secondary N) is 1. The normalized spacial score (nSPS) is 11.1. The third kappa shape index (κ3) is 4.78. The molecule has 0 spiro atoms. The van der Waals surface area contributed by atoms with E-state index in [1.54, 1.807) is 0 Å². The monoisotopic (exact) mass is 274 g/mol. The molecule has 0 aliphatic rings. The Morgan fingerprint density at radius 2 is 2.00 bits per heavy atom. The van der Waals surface area contributed by atoms with Crippen molar-refractivity contribution in [1.82, 2.24) is 10.2 Å². The van der Waals surface area contributed by atoms with E-state index in [0.29, 0.717) is 0 Å². The van der Waals surface area contributed by atoms with Crippen LogP contribution < -0.4 is 5.32 Å². The van der Waals surface area contributed by atoms with Gasteiger partial charge in [-0.3, -0.25) is 0 Å². The Bertz CT molecular complexity index is 479. The van der Waals surface area contributed by atoms with E-state index in [-0.39, 0.29) is 0 Å². The van der Waals surface area contributed by atoms with E-state index < -0.39 is 0 Å². The number of likely N-dealkylation sites (N-methyl/N-ethyl adjacent to an activating group) is 1. The molecular weight excluding hydrogens is 252 g/mol. The standard InChI is InChI=1S/C16H22N2S/c1-14-6-3-4-7-15(14)13-18(2)10-9-17-12-16-8-5-11-19-16/h3-8,11,17H,9-10,12-13H2,1-2H3. The number of hydrogen-bond acceptors (Lipinski definition) is 3. The van der Waals surface area contributed by atoms with Crippen molar-refractivity contribution in [2.24, 2.45) is 0 Å². The molecule has 19 heavy (non-hydrogen) atoms. The minimum atomic E-state index is 0.982. The third-order valence-corrected chi connectivity index (χ3v) is 4.13. The predicted molar refractivity (Wildman–Crippen MR) is 83.5 cm³/mol. The average molecular weight is 274 g/mol. The summed E-state index contributed by atoms with van der Waals surface area (Å²) < 4.78 is 0. The van der Waals surface area contributed by atoms with Crippen LogP contribution >= 0.6 is 11.3 Å². The van der Waals surface area contributed by atoms with E-state index >= 15 is 0 Å². The summed E-state index contributed by atoms with van der Waals surface area (Å²) in [4.78, 5) is 3.77. The molecular formula is C16H22N2S. The molecule has 0 radical (unpaired) electrons. The van der Waals surface area contributed by atoms with E-state index in [4.69, 9.17) is 0 Å². The van der Waals surface area contributed by atoms with Crippen molar-refractivity contribution in [3.05, 3.63) is 57.8 Å². The van der Waals surface area contributed by atoms with E-state index in [9.17, 15) is 0 Å². The first-order chi connectivity index (χ1) is 9.25. The zero-order chi connectivity index (χ0) is 13.5. The third-order valence-electron chi connectivity index (χ3n) is 3.25. The number of thiophene rings is 1. The van der Waals surface area contributed by atoms with Gasteiger partial charge >= 0.3 is 0 Å². The SMILES string of the molecule is Cc1ccccc1CN(C)CCNCc1cccs1. The first-order valence-electron chi connectivity index (χ1n) is 6.72. The summed E-state index contributed by atoms with van der Waals surface area (Å²) in [5.74, 6) is 0. The highest BCUT2D eigenvalue weighted by Gasteiger charge is 2.02. The Morgan fingerprint density at radius 1 is 1.16 bits per heavy atom. The lowest BCUT2D eigenvalue weighted by atomic mass is 10.1. The molecule has 0 saturated heterocycles. The minimum absolute atomic E-state index is 0.982. The highest BCUT2D eigenvalue weighted by Crippen LogP contribution is 2.09. The second-order valence-corrected chi connectivity index (χ2v) is 5.95. The van der Waals surface area contributed by atoms with Crippen molar-refractivity contribution in [3.8, 4) is 0 Å². The minimum Gasteiger partial charge on any atom is -0.311 e. The molecule has 1 aromatic carbocycles. The smallest absolute Gasteiger partial charge is 0.0300 e. The van der Waals surface area contributed by atoms with Crippen LogP contribution in [-0.2, 0) is 13.1 Å². The lowest BCUT2D eigenvalue weighted by Crippen LogP contribution is -2.28. The largest absolute Gasteiger partial charge is 0.311 e. The van der Waals surface area contributed by atoms with Crippen molar-refractivity contribution >= 4 is 11.3 Å². The van der Waals surface area contributed by atoms with Crippen LogP contribution in [0.25, 0.3) is 0 Å². The lowest BCUT2D eigenvalue weighted by molar-refractivity contribution is 0.323. The topological polar surface area (TPSA) is 15.3 Å². The van der Waals surface area contributed by atoms with Gasteiger partial charge in [0.2, 0.25) is 0 Å². The molecule has 2 nitrogen and oxygen atoms in total. The summed E-state index contributed by atoms with van der Waals surface area (Å²) in [6.07, 6.45) is 0. The summed E-state index contributed by atoms with van der Waals surface area (Å²) in [6.45, 7) is 6.28. The van der Waals surface area contributed by atoms with Gasteiger partial charge in [-0.25, -0.2) is 0 Å². The molecule has 3 heteroatoms. The molecule has 0 bridgehead atoms. The van der Waals surface area contributed by atoms with Crippen LogP contribution in [-0.4, -0.2) is 25.0 Å². The van der Waals surface area contributed by atoms with Crippen LogP contribution in [0, 0.1) is 6.92 Å². The Morgan fingerprint density at radius 3 is 2.74 bits per heavy atom. The maximum absolute atomic E-state index is 3.49. The molecule has 1 N–H and O–H groups in total. The van der Waals surface area contributed by atoms with Crippen LogP contribution in [0.1, 0.15) is 16.0 Å². The number of hydrogen-bond donors (Lipinski definition) is 1. The Hall–Kier alpha value is -1.16. The number of nitrogens with zero attached hydrogens (tertiary/aromatic N) is 1. The van der Waals surface area contributed by atoms with Gasteiger partial charge in [-0.15, -0.1) is 11.3 Å². The van der Waals surface area contributed by atoms with Crippen LogP contribution in [0.2, 0.25) is 0 Å². The lowest BCUT2D eigenvalue weighted by Gasteiger charge is -2.18.